The minimum absolute atomic E-state index is 0.157. The van der Waals surface area contributed by atoms with Crippen LogP contribution in [0.25, 0.3) is 5.69 Å². The molecule has 0 N–H and O–H groups in total. The van der Waals surface area contributed by atoms with Crippen molar-refractivity contribution in [1.82, 2.24) is 9.47 Å². The molecule has 2 aromatic carbocycles. The SMILES string of the molecule is Cc1ccc(C(=O)N(C)C)cc1-n1c(C)cc(OCc2ccc(F)cc2F)c(Br)c1=O. The maximum absolute atomic E-state index is 13.9. The van der Waals surface area contributed by atoms with Crippen molar-refractivity contribution in [2.45, 2.75) is 20.5 Å². The lowest BCUT2D eigenvalue weighted by Gasteiger charge is -2.18. The highest BCUT2D eigenvalue weighted by atomic mass is 79.9. The van der Waals surface area contributed by atoms with Crippen LogP contribution >= 0.6 is 15.9 Å². The zero-order chi connectivity index (χ0) is 22.9. The Labute approximate surface area is 187 Å². The normalized spacial score (nSPS) is 10.8. The number of aromatic nitrogens is 1. The van der Waals surface area contributed by atoms with Gasteiger partial charge in [0.05, 0.1) is 5.69 Å². The highest BCUT2D eigenvalue weighted by molar-refractivity contribution is 9.10. The molecule has 5 nitrogen and oxygen atoms in total. The molecule has 0 saturated heterocycles. The first-order chi connectivity index (χ1) is 14.6. The molecule has 0 bridgehead atoms. The van der Waals surface area contributed by atoms with E-state index in [1.54, 1.807) is 45.3 Å². The third-order valence-electron chi connectivity index (χ3n) is 4.80. The minimum Gasteiger partial charge on any atom is -0.487 e. The van der Waals surface area contributed by atoms with Gasteiger partial charge in [-0.15, -0.1) is 0 Å². The molecule has 0 aliphatic carbocycles. The van der Waals surface area contributed by atoms with Crippen molar-refractivity contribution in [2.75, 3.05) is 14.1 Å². The highest BCUT2D eigenvalue weighted by Crippen LogP contribution is 2.27. The molecule has 0 atom stereocenters. The van der Waals surface area contributed by atoms with Crippen LogP contribution in [0.4, 0.5) is 8.78 Å². The molecule has 1 amide bonds. The second-order valence-electron chi connectivity index (χ2n) is 7.33. The fourth-order valence-electron chi connectivity index (χ4n) is 3.12. The van der Waals surface area contributed by atoms with Crippen molar-refractivity contribution in [1.29, 1.82) is 0 Å². The Balaban J connectivity index is 2.00. The predicted octanol–water partition coefficient (Wildman–Crippen LogP) is 4.78. The Morgan fingerprint density at radius 3 is 2.45 bits per heavy atom. The number of rotatable bonds is 5. The number of pyridine rings is 1. The van der Waals surface area contributed by atoms with Gasteiger partial charge in [-0.25, -0.2) is 8.78 Å². The van der Waals surface area contributed by atoms with Crippen LogP contribution < -0.4 is 10.3 Å². The Morgan fingerprint density at radius 2 is 1.81 bits per heavy atom. The van der Waals surface area contributed by atoms with Crippen LogP contribution in [0, 0.1) is 25.5 Å². The minimum atomic E-state index is -0.723. The number of ether oxygens (including phenoxy) is 1. The van der Waals surface area contributed by atoms with E-state index in [1.807, 2.05) is 6.92 Å². The molecule has 162 valence electrons. The second-order valence-corrected chi connectivity index (χ2v) is 8.12. The molecule has 1 heterocycles. The van der Waals surface area contributed by atoms with Crippen LogP contribution in [0.1, 0.15) is 27.2 Å². The molecule has 3 aromatic rings. The number of carbonyl (C=O) groups excluding carboxylic acids is 1. The average molecular weight is 491 g/mol. The lowest BCUT2D eigenvalue weighted by Crippen LogP contribution is -2.25. The average Bonchev–Trinajstić information content (AvgIpc) is 2.71. The topological polar surface area (TPSA) is 51.5 Å². The quantitative estimate of drug-likeness (QED) is 0.517. The molecule has 0 unspecified atom stereocenters. The molecular formula is C23H21BrF2N2O3. The van der Waals surface area contributed by atoms with Gasteiger partial charge < -0.3 is 9.64 Å². The summed E-state index contributed by atoms with van der Waals surface area (Å²) in [5.74, 6) is -1.33. The maximum atomic E-state index is 13.9. The number of benzene rings is 2. The van der Waals surface area contributed by atoms with Crippen molar-refractivity contribution in [3.63, 3.8) is 0 Å². The molecule has 3 rings (SSSR count). The zero-order valence-electron chi connectivity index (χ0n) is 17.5. The van der Waals surface area contributed by atoms with Gasteiger partial charge in [0.15, 0.2) is 0 Å². The summed E-state index contributed by atoms with van der Waals surface area (Å²) in [6, 6.07) is 10.0. The molecule has 0 radical (unpaired) electrons. The van der Waals surface area contributed by atoms with Gasteiger partial charge in [0, 0.05) is 43.0 Å². The van der Waals surface area contributed by atoms with Crippen LogP contribution in [-0.4, -0.2) is 29.5 Å². The number of hydrogen-bond acceptors (Lipinski definition) is 3. The Bertz CT molecular complexity index is 1220. The van der Waals surface area contributed by atoms with E-state index in [9.17, 15) is 18.4 Å². The van der Waals surface area contributed by atoms with Crippen LogP contribution in [0.2, 0.25) is 0 Å². The van der Waals surface area contributed by atoms with E-state index in [4.69, 9.17) is 4.74 Å². The number of nitrogens with zero attached hydrogens (tertiary/aromatic N) is 2. The fraction of sp³-hybridized carbons (Fsp3) is 0.217. The van der Waals surface area contributed by atoms with E-state index in [-0.39, 0.29) is 33.9 Å². The monoisotopic (exact) mass is 490 g/mol. The number of amides is 1. The molecule has 0 saturated carbocycles. The number of aryl methyl sites for hydroxylation is 2. The van der Waals surface area contributed by atoms with Gasteiger partial charge in [0.25, 0.3) is 11.5 Å². The third-order valence-corrected chi connectivity index (χ3v) is 5.53. The zero-order valence-corrected chi connectivity index (χ0v) is 19.1. The summed E-state index contributed by atoms with van der Waals surface area (Å²) in [5.41, 5.74) is 2.20. The van der Waals surface area contributed by atoms with Crippen molar-refractivity contribution in [3.8, 4) is 11.4 Å². The van der Waals surface area contributed by atoms with Gasteiger partial charge in [-0.05, 0) is 59.6 Å². The van der Waals surface area contributed by atoms with Crippen molar-refractivity contribution >= 4 is 21.8 Å². The molecule has 0 aliphatic heterocycles. The highest BCUT2D eigenvalue weighted by Gasteiger charge is 2.17. The number of hydrogen-bond donors (Lipinski definition) is 0. The molecule has 0 aliphatic rings. The first kappa shape index (κ1) is 22.7. The van der Waals surface area contributed by atoms with Gasteiger partial charge in [0.1, 0.15) is 28.5 Å². The van der Waals surface area contributed by atoms with Crippen LogP contribution in [0.3, 0.4) is 0 Å². The van der Waals surface area contributed by atoms with Crippen LogP contribution in [0.15, 0.2) is 51.7 Å². The summed E-state index contributed by atoms with van der Waals surface area (Å²) in [6.45, 7) is 3.42. The summed E-state index contributed by atoms with van der Waals surface area (Å²) in [5, 5.41) is 0. The van der Waals surface area contributed by atoms with Gasteiger partial charge in [-0.3, -0.25) is 14.2 Å². The van der Waals surface area contributed by atoms with Crippen LogP contribution in [-0.2, 0) is 6.61 Å². The van der Waals surface area contributed by atoms with E-state index in [2.05, 4.69) is 15.9 Å². The number of halogens is 3. The summed E-state index contributed by atoms with van der Waals surface area (Å²) in [7, 11) is 3.32. The van der Waals surface area contributed by atoms with E-state index < -0.39 is 11.6 Å². The Kier molecular flexibility index (Phi) is 6.59. The standard InChI is InChI=1S/C23H21BrF2N2O3/c1-13-5-6-15(22(29)27(3)4)10-19(13)28-14(2)9-20(21(24)23(28)30)31-12-16-7-8-17(25)11-18(16)26/h5-11H,12H2,1-4H3. The lowest BCUT2D eigenvalue weighted by molar-refractivity contribution is 0.0827. The van der Waals surface area contributed by atoms with E-state index in [0.717, 1.165) is 17.7 Å². The third kappa shape index (κ3) is 4.69. The van der Waals surface area contributed by atoms with Gasteiger partial charge in [-0.1, -0.05) is 6.07 Å². The van der Waals surface area contributed by atoms with Crippen molar-refractivity contribution < 1.29 is 18.3 Å². The number of carbonyl (C=O) groups is 1. The largest absolute Gasteiger partial charge is 0.487 e. The molecule has 1 aromatic heterocycles. The van der Waals surface area contributed by atoms with Crippen molar-refractivity contribution in [3.05, 3.63) is 91.3 Å². The summed E-state index contributed by atoms with van der Waals surface area (Å²) < 4.78 is 34.2. The first-order valence-corrected chi connectivity index (χ1v) is 10.2. The van der Waals surface area contributed by atoms with Crippen molar-refractivity contribution in [2.24, 2.45) is 0 Å². The van der Waals surface area contributed by atoms with E-state index in [1.165, 1.54) is 15.5 Å². The Hall–Kier alpha value is -3.00. The Morgan fingerprint density at radius 1 is 1.10 bits per heavy atom. The van der Waals surface area contributed by atoms with E-state index in [0.29, 0.717) is 16.9 Å². The van der Waals surface area contributed by atoms with E-state index >= 15 is 0 Å². The molecule has 0 spiro atoms. The summed E-state index contributed by atoms with van der Waals surface area (Å²) in [4.78, 5) is 26.9. The molecule has 0 fully saturated rings. The summed E-state index contributed by atoms with van der Waals surface area (Å²) in [6.07, 6.45) is 0. The second kappa shape index (κ2) is 9.01. The molecular weight excluding hydrogens is 470 g/mol. The van der Waals surface area contributed by atoms with Gasteiger partial charge in [-0.2, -0.15) is 0 Å². The maximum Gasteiger partial charge on any atom is 0.273 e. The van der Waals surface area contributed by atoms with Gasteiger partial charge >= 0.3 is 0 Å². The van der Waals surface area contributed by atoms with Crippen LogP contribution in [0.5, 0.6) is 5.75 Å². The van der Waals surface area contributed by atoms with Gasteiger partial charge in [0.2, 0.25) is 0 Å². The smallest absolute Gasteiger partial charge is 0.273 e. The first-order valence-electron chi connectivity index (χ1n) is 9.41. The summed E-state index contributed by atoms with van der Waals surface area (Å²) >= 11 is 3.27. The fourth-order valence-corrected chi connectivity index (χ4v) is 3.53. The lowest BCUT2D eigenvalue weighted by atomic mass is 10.1. The molecule has 31 heavy (non-hydrogen) atoms. The molecule has 8 heteroatoms. The predicted molar refractivity (Wildman–Crippen MR) is 118 cm³/mol.